The van der Waals surface area contributed by atoms with Crippen LogP contribution in [0.1, 0.15) is 5.56 Å². The minimum atomic E-state index is 0.518. The molecule has 0 amide bonds. The molecule has 0 atom stereocenters. The van der Waals surface area contributed by atoms with Gasteiger partial charge in [0.2, 0.25) is 0 Å². The van der Waals surface area contributed by atoms with E-state index in [2.05, 4.69) is 32.9 Å². The first-order valence-corrected chi connectivity index (χ1v) is 4.86. The van der Waals surface area contributed by atoms with Crippen molar-refractivity contribution in [2.75, 3.05) is 6.54 Å². The Hall–Kier alpha value is -1.93. The Bertz CT molecular complexity index is 520. The number of azide groups is 1. The van der Waals surface area contributed by atoms with Crippen LogP contribution in [0.15, 0.2) is 35.6 Å². The van der Waals surface area contributed by atoms with Crippen molar-refractivity contribution in [2.24, 2.45) is 12.2 Å². The van der Waals surface area contributed by atoms with Crippen LogP contribution in [-0.2, 0) is 13.5 Å². The standard InChI is InChI=1S/C11H12N4/c1-15-8-9(6-7-13-14-12)10-4-2-3-5-11(10)15/h2-5,8H,6-7H2,1H3. The summed E-state index contributed by atoms with van der Waals surface area (Å²) in [5.74, 6) is 0. The van der Waals surface area contributed by atoms with E-state index >= 15 is 0 Å². The molecule has 0 aliphatic rings. The third kappa shape index (κ3) is 1.80. The largest absolute Gasteiger partial charge is 0.350 e. The van der Waals surface area contributed by atoms with Crippen LogP contribution in [0.4, 0.5) is 0 Å². The molecule has 0 saturated heterocycles. The number of hydrogen-bond acceptors (Lipinski definition) is 1. The lowest BCUT2D eigenvalue weighted by Gasteiger charge is -1.94. The Morgan fingerprint density at radius 2 is 2.20 bits per heavy atom. The van der Waals surface area contributed by atoms with Gasteiger partial charge in [0.25, 0.3) is 0 Å². The van der Waals surface area contributed by atoms with Crippen molar-refractivity contribution in [1.82, 2.24) is 4.57 Å². The predicted octanol–water partition coefficient (Wildman–Crippen LogP) is 3.03. The van der Waals surface area contributed by atoms with Gasteiger partial charge in [0, 0.05) is 35.6 Å². The molecular formula is C11H12N4. The normalized spacial score (nSPS) is 10.2. The minimum absolute atomic E-state index is 0.518. The Balaban J connectivity index is 2.39. The van der Waals surface area contributed by atoms with Gasteiger partial charge in [-0.1, -0.05) is 23.3 Å². The number of hydrogen-bond donors (Lipinski definition) is 0. The highest BCUT2D eigenvalue weighted by molar-refractivity contribution is 5.83. The van der Waals surface area contributed by atoms with E-state index in [1.807, 2.05) is 19.2 Å². The van der Waals surface area contributed by atoms with Crippen LogP contribution in [0.3, 0.4) is 0 Å². The van der Waals surface area contributed by atoms with Crippen LogP contribution in [-0.4, -0.2) is 11.1 Å². The number of para-hydroxylation sites is 1. The first-order valence-electron chi connectivity index (χ1n) is 4.86. The zero-order valence-corrected chi connectivity index (χ0v) is 8.59. The predicted molar refractivity (Wildman–Crippen MR) is 60.6 cm³/mol. The highest BCUT2D eigenvalue weighted by Gasteiger charge is 2.04. The van der Waals surface area contributed by atoms with E-state index < -0.39 is 0 Å². The minimum Gasteiger partial charge on any atom is -0.350 e. The Morgan fingerprint density at radius 3 is 3.00 bits per heavy atom. The molecule has 4 nitrogen and oxygen atoms in total. The summed E-state index contributed by atoms with van der Waals surface area (Å²) in [4.78, 5) is 2.76. The third-order valence-corrected chi connectivity index (χ3v) is 2.52. The van der Waals surface area contributed by atoms with Gasteiger partial charge in [-0.2, -0.15) is 0 Å². The molecule has 0 fully saturated rings. The molecule has 2 rings (SSSR count). The summed E-state index contributed by atoms with van der Waals surface area (Å²) >= 11 is 0. The van der Waals surface area contributed by atoms with E-state index in [0.717, 1.165) is 6.42 Å². The summed E-state index contributed by atoms with van der Waals surface area (Å²) in [6.45, 7) is 0.518. The van der Waals surface area contributed by atoms with Crippen LogP contribution < -0.4 is 0 Å². The number of nitrogens with zero attached hydrogens (tertiary/aromatic N) is 4. The lowest BCUT2D eigenvalue weighted by Crippen LogP contribution is -1.86. The van der Waals surface area contributed by atoms with E-state index in [1.54, 1.807) is 0 Å². The summed E-state index contributed by atoms with van der Waals surface area (Å²) < 4.78 is 2.10. The first-order chi connectivity index (χ1) is 7.33. The second kappa shape index (κ2) is 4.07. The summed E-state index contributed by atoms with van der Waals surface area (Å²) in [5.41, 5.74) is 10.7. The molecule has 1 aromatic carbocycles. The highest BCUT2D eigenvalue weighted by Crippen LogP contribution is 2.20. The molecule has 0 radical (unpaired) electrons. The fourth-order valence-electron chi connectivity index (χ4n) is 1.84. The first kappa shape index (κ1) is 9.62. The van der Waals surface area contributed by atoms with Crippen LogP contribution in [0.25, 0.3) is 21.3 Å². The summed E-state index contributed by atoms with van der Waals surface area (Å²) in [6.07, 6.45) is 2.89. The summed E-state index contributed by atoms with van der Waals surface area (Å²) in [7, 11) is 2.03. The van der Waals surface area contributed by atoms with Gasteiger partial charge in [-0.25, -0.2) is 0 Å². The molecule has 0 aliphatic carbocycles. The van der Waals surface area contributed by atoms with Crippen LogP contribution in [0.5, 0.6) is 0 Å². The molecular weight excluding hydrogens is 188 g/mol. The van der Waals surface area contributed by atoms with Crippen LogP contribution in [0, 0.1) is 0 Å². The molecule has 4 heteroatoms. The second-order valence-corrected chi connectivity index (χ2v) is 3.49. The smallest absolute Gasteiger partial charge is 0.0480 e. The molecule has 0 saturated carbocycles. The molecule has 15 heavy (non-hydrogen) atoms. The van der Waals surface area contributed by atoms with Gasteiger partial charge < -0.3 is 4.57 Å². The van der Waals surface area contributed by atoms with Crippen molar-refractivity contribution in [2.45, 2.75) is 6.42 Å². The SMILES string of the molecule is Cn1cc(CCN=[N+]=[N-])c2ccccc21. The van der Waals surface area contributed by atoms with Crippen molar-refractivity contribution in [3.05, 3.63) is 46.5 Å². The second-order valence-electron chi connectivity index (χ2n) is 3.49. The molecule has 0 bridgehead atoms. The Kier molecular flexibility index (Phi) is 2.61. The Morgan fingerprint density at radius 1 is 1.40 bits per heavy atom. The molecule has 0 N–H and O–H groups in total. The maximum absolute atomic E-state index is 8.22. The van der Waals surface area contributed by atoms with Gasteiger partial charge in [-0.3, -0.25) is 0 Å². The average molecular weight is 200 g/mol. The zero-order valence-electron chi connectivity index (χ0n) is 8.59. The molecule has 0 spiro atoms. The van der Waals surface area contributed by atoms with Crippen molar-refractivity contribution >= 4 is 10.9 Å². The maximum Gasteiger partial charge on any atom is 0.0480 e. The van der Waals surface area contributed by atoms with Crippen molar-refractivity contribution in [3.8, 4) is 0 Å². The van der Waals surface area contributed by atoms with Gasteiger partial charge in [0.15, 0.2) is 0 Å². The van der Waals surface area contributed by atoms with Crippen molar-refractivity contribution in [3.63, 3.8) is 0 Å². The monoisotopic (exact) mass is 200 g/mol. The van der Waals surface area contributed by atoms with Gasteiger partial charge in [-0.05, 0) is 23.6 Å². The number of rotatable bonds is 3. The number of aryl methyl sites for hydroxylation is 1. The molecule has 76 valence electrons. The van der Waals surface area contributed by atoms with Crippen molar-refractivity contribution < 1.29 is 0 Å². The quantitative estimate of drug-likeness (QED) is 0.415. The van der Waals surface area contributed by atoms with Crippen molar-refractivity contribution in [1.29, 1.82) is 0 Å². The van der Waals surface area contributed by atoms with E-state index in [0.29, 0.717) is 6.54 Å². The van der Waals surface area contributed by atoms with Gasteiger partial charge in [0.05, 0.1) is 0 Å². The number of benzene rings is 1. The molecule has 0 unspecified atom stereocenters. The Labute approximate surface area is 87.8 Å². The summed E-state index contributed by atoms with van der Waals surface area (Å²) in [6, 6.07) is 8.24. The lowest BCUT2D eigenvalue weighted by molar-refractivity contribution is 0.924. The maximum atomic E-state index is 8.22. The van der Waals surface area contributed by atoms with E-state index in [9.17, 15) is 0 Å². The van der Waals surface area contributed by atoms with E-state index in [-0.39, 0.29) is 0 Å². The van der Waals surface area contributed by atoms with E-state index in [1.165, 1.54) is 16.5 Å². The molecule has 2 aromatic rings. The van der Waals surface area contributed by atoms with Gasteiger partial charge >= 0.3 is 0 Å². The molecule has 0 aliphatic heterocycles. The van der Waals surface area contributed by atoms with Crippen LogP contribution in [0.2, 0.25) is 0 Å². The third-order valence-electron chi connectivity index (χ3n) is 2.52. The molecule has 1 heterocycles. The zero-order chi connectivity index (χ0) is 10.7. The topological polar surface area (TPSA) is 53.7 Å². The number of aromatic nitrogens is 1. The fraction of sp³-hybridized carbons (Fsp3) is 0.273. The van der Waals surface area contributed by atoms with Gasteiger partial charge in [0.1, 0.15) is 0 Å². The van der Waals surface area contributed by atoms with E-state index in [4.69, 9.17) is 5.53 Å². The molecule has 1 aromatic heterocycles. The number of fused-ring (bicyclic) bond motifs is 1. The highest BCUT2D eigenvalue weighted by atomic mass is 15.1. The van der Waals surface area contributed by atoms with Gasteiger partial charge in [-0.15, -0.1) is 0 Å². The van der Waals surface area contributed by atoms with Crippen LogP contribution >= 0.6 is 0 Å². The fourth-order valence-corrected chi connectivity index (χ4v) is 1.84. The average Bonchev–Trinajstić information content (AvgIpc) is 2.58. The lowest BCUT2D eigenvalue weighted by atomic mass is 10.1. The summed E-state index contributed by atoms with van der Waals surface area (Å²) in [5, 5.41) is 4.80.